The average molecular weight is 312 g/mol. The molecule has 0 amide bonds. The molecule has 0 aromatic heterocycles. The molecule has 0 spiro atoms. The van der Waals surface area contributed by atoms with E-state index in [0.717, 1.165) is 26.1 Å². The number of para-hydroxylation sites is 2. The van der Waals surface area contributed by atoms with Crippen molar-refractivity contribution in [1.82, 2.24) is 5.32 Å². The largest absolute Gasteiger partial charge is 0.393 e. The van der Waals surface area contributed by atoms with E-state index in [1.807, 2.05) is 11.8 Å². The number of benzene rings is 2. The van der Waals surface area contributed by atoms with Gasteiger partial charge in [0.05, 0.1) is 17.5 Å². The second kappa shape index (κ2) is 5.95. The number of hydrogen-bond donors (Lipinski definition) is 2. The first-order valence-electron chi connectivity index (χ1n) is 7.85. The first-order valence-corrected chi connectivity index (χ1v) is 8.67. The lowest BCUT2D eigenvalue weighted by Crippen LogP contribution is -2.45. The summed E-state index contributed by atoms with van der Waals surface area (Å²) in [5.41, 5.74) is 2.51. The van der Waals surface area contributed by atoms with Crippen molar-refractivity contribution >= 4 is 23.1 Å². The van der Waals surface area contributed by atoms with Crippen LogP contribution in [0.1, 0.15) is 6.42 Å². The predicted octanol–water partition coefficient (Wildman–Crippen LogP) is 3.26. The number of nitrogens with zero attached hydrogens (tertiary/aromatic N) is 1. The minimum Gasteiger partial charge on any atom is -0.393 e. The molecule has 2 atom stereocenters. The molecule has 0 radical (unpaired) electrons. The Kier molecular flexibility index (Phi) is 3.82. The van der Waals surface area contributed by atoms with Gasteiger partial charge in [-0.05, 0) is 37.2 Å². The molecule has 2 aliphatic rings. The van der Waals surface area contributed by atoms with Crippen LogP contribution in [0.3, 0.4) is 0 Å². The highest BCUT2D eigenvalue weighted by molar-refractivity contribution is 7.99. The van der Waals surface area contributed by atoms with Crippen molar-refractivity contribution in [2.45, 2.75) is 22.3 Å². The van der Waals surface area contributed by atoms with Gasteiger partial charge in [-0.15, -0.1) is 0 Å². The Labute approximate surface area is 135 Å². The molecule has 4 heteroatoms. The lowest BCUT2D eigenvalue weighted by molar-refractivity contribution is 0.0831. The van der Waals surface area contributed by atoms with Crippen LogP contribution in [0.2, 0.25) is 0 Å². The highest BCUT2D eigenvalue weighted by Gasteiger charge is 2.29. The fourth-order valence-electron chi connectivity index (χ4n) is 3.31. The van der Waals surface area contributed by atoms with E-state index in [0.29, 0.717) is 0 Å². The summed E-state index contributed by atoms with van der Waals surface area (Å²) in [6, 6.07) is 17.1. The fourth-order valence-corrected chi connectivity index (χ4v) is 4.40. The van der Waals surface area contributed by atoms with Crippen molar-refractivity contribution in [3.05, 3.63) is 48.5 Å². The minimum absolute atomic E-state index is 0.213. The topological polar surface area (TPSA) is 35.5 Å². The second-order valence-corrected chi connectivity index (χ2v) is 7.05. The van der Waals surface area contributed by atoms with Crippen LogP contribution in [-0.4, -0.2) is 30.8 Å². The number of rotatable bonds is 2. The Bertz CT molecular complexity index is 630. The normalized spacial score (nSPS) is 23.8. The molecule has 1 fully saturated rings. The molecule has 1 saturated heterocycles. The monoisotopic (exact) mass is 312 g/mol. The maximum Gasteiger partial charge on any atom is 0.0609 e. The van der Waals surface area contributed by atoms with Gasteiger partial charge < -0.3 is 15.3 Å². The minimum atomic E-state index is -0.213. The molecule has 22 heavy (non-hydrogen) atoms. The highest BCUT2D eigenvalue weighted by atomic mass is 32.2. The molecule has 2 aromatic rings. The van der Waals surface area contributed by atoms with E-state index in [1.165, 1.54) is 21.2 Å². The van der Waals surface area contributed by atoms with E-state index in [4.69, 9.17) is 0 Å². The molecule has 2 aliphatic heterocycles. The van der Waals surface area contributed by atoms with Crippen LogP contribution in [0.15, 0.2) is 58.3 Å². The molecular weight excluding hydrogens is 292 g/mol. The predicted molar refractivity (Wildman–Crippen MR) is 91.0 cm³/mol. The van der Waals surface area contributed by atoms with Crippen LogP contribution in [0.5, 0.6) is 0 Å². The zero-order chi connectivity index (χ0) is 14.9. The summed E-state index contributed by atoms with van der Waals surface area (Å²) in [5.74, 6) is 0.262. The van der Waals surface area contributed by atoms with Crippen LogP contribution in [0, 0.1) is 5.92 Å². The van der Waals surface area contributed by atoms with E-state index in [-0.39, 0.29) is 12.0 Å². The molecular formula is C18H20N2OS. The molecule has 2 heterocycles. The van der Waals surface area contributed by atoms with Gasteiger partial charge in [0.15, 0.2) is 0 Å². The zero-order valence-electron chi connectivity index (χ0n) is 12.4. The summed E-state index contributed by atoms with van der Waals surface area (Å²) >= 11 is 1.83. The van der Waals surface area contributed by atoms with Crippen LogP contribution in [0.25, 0.3) is 0 Å². The Hall–Kier alpha value is -1.49. The van der Waals surface area contributed by atoms with Crippen molar-refractivity contribution in [3.63, 3.8) is 0 Å². The Morgan fingerprint density at radius 1 is 1.05 bits per heavy atom. The lowest BCUT2D eigenvalue weighted by atomic mass is 9.95. The maximum atomic E-state index is 10.3. The number of aliphatic hydroxyl groups is 1. The van der Waals surface area contributed by atoms with Crippen LogP contribution in [-0.2, 0) is 0 Å². The van der Waals surface area contributed by atoms with E-state index >= 15 is 0 Å². The van der Waals surface area contributed by atoms with Crippen molar-refractivity contribution in [3.8, 4) is 0 Å². The molecule has 2 unspecified atom stereocenters. The first-order chi connectivity index (χ1) is 10.8. The number of fused-ring (bicyclic) bond motifs is 2. The molecule has 3 nitrogen and oxygen atoms in total. The van der Waals surface area contributed by atoms with Gasteiger partial charge in [0.25, 0.3) is 0 Å². The van der Waals surface area contributed by atoms with Gasteiger partial charge in [-0.2, -0.15) is 0 Å². The molecule has 2 N–H and O–H groups in total. The van der Waals surface area contributed by atoms with Crippen LogP contribution >= 0.6 is 11.8 Å². The van der Waals surface area contributed by atoms with E-state index in [9.17, 15) is 5.11 Å². The molecule has 114 valence electrons. The maximum absolute atomic E-state index is 10.3. The smallest absolute Gasteiger partial charge is 0.0609 e. The lowest BCUT2D eigenvalue weighted by Gasteiger charge is -2.38. The standard InChI is InChI=1S/C18H20N2OS/c21-16-9-10-19-11-13(16)12-20-14-5-1-3-7-17(14)22-18-8-4-2-6-15(18)20/h1-8,13,16,19,21H,9-12H2. The third-order valence-corrected chi connectivity index (χ3v) is 5.65. The van der Waals surface area contributed by atoms with Gasteiger partial charge in [-0.25, -0.2) is 0 Å². The number of nitrogens with one attached hydrogen (secondary N) is 1. The van der Waals surface area contributed by atoms with E-state index < -0.39 is 0 Å². The summed E-state index contributed by atoms with van der Waals surface area (Å²) < 4.78 is 0. The summed E-state index contributed by atoms with van der Waals surface area (Å²) in [7, 11) is 0. The third-order valence-electron chi connectivity index (χ3n) is 4.52. The first kappa shape index (κ1) is 14.1. The fraction of sp³-hybridized carbons (Fsp3) is 0.333. The van der Waals surface area contributed by atoms with Gasteiger partial charge in [0.2, 0.25) is 0 Å². The Morgan fingerprint density at radius 3 is 2.32 bits per heavy atom. The second-order valence-electron chi connectivity index (χ2n) is 5.97. The molecule has 2 aromatic carbocycles. The molecule has 4 rings (SSSR count). The van der Waals surface area contributed by atoms with Gasteiger partial charge in [-0.1, -0.05) is 36.0 Å². The van der Waals surface area contributed by atoms with Crippen LogP contribution in [0.4, 0.5) is 11.4 Å². The van der Waals surface area contributed by atoms with Crippen molar-refractivity contribution < 1.29 is 5.11 Å². The summed E-state index contributed by atoms with van der Waals surface area (Å²) in [6.07, 6.45) is 0.631. The van der Waals surface area contributed by atoms with Crippen molar-refractivity contribution in [1.29, 1.82) is 0 Å². The highest BCUT2D eigenvalue weighted by Crippen LogP contribution is 2.48. The number of anilines is 2. The van der Waals surface area contributed by atoms with Crippen molar-refractivity contribution in [2.24, 2.45) is 5.92 Å². The van der Waals surface area contributed by atoms with Crippen molar-refractivity contribution in [2.75, 3.05) is 24.5 Å². The van der Waals surface area contributed by atoms with E-state index in [1.54, 1.807) is 0 Å². The third kappa shape index (κ3) is 2.51. The zero-order valence-corrected chi connectivity index (χ0v) is 13.2. The van der Waals surface area contributed by atoms with Gasteiger partial charge >= 0.3 is 0 Å². The Morgan fingerprint density at radius 2 is 1.68 bits per heavy atom. The summed E-state index contributed by atoms with van der Waals surface area (Å²) in [5, 5.41) is 13.7. The number of piperidine rings is 1. The number of aliphatic hydroxyl groups excluding tert-OH is 1. The molecule has 0 bridgehead atoms. The number of hydrogen-bond acceptors (Lipinski definition) is 4. The average Bonchev–Trinajstić information content (AvgIpc) is 2.56. The summed E-state index contributed by atoms with van der Waals surface area (Å²) in [6.45, 7) is 2.65. The SMILES string of the molecule is OC1CCNCC1CN1c2ccccc2Sc2ccccc21. The summed E-state index contributed by atoms with van der Waals surface area (Å²) in [4.78, 5) is 4.96. The van der Waals surface area contributed by atoms with Gasteiger partial charge in [0, 0.05) is 28.8 Å². The van der Waals surface area contributed by atoms with Gasteiger partial charge in [0.1, 0.15) is 0 Å². The van der Waals surface area contributed by atoms with Gasteiger partial charge in [-0.3, -0.25) is 0 Å². The quantitative estimate of drug-likeness (QED) is 0.892. The van der Waals surface area contributed by atoms with E-state index in [2.05, 4.69) is 58.7 Å². The molecule has 0 aliphatic carbocycles. The molecule has 0 saturated carbocycles. The Balaban J connectivity index is 1.71. The van der Waals surface area contributed by atoms with Crippen LogP contribution < -0.4 is 10.2 Å².